The Hall–Kier alpha value is -2.34. The monoisotopic (exact) mass is 499 g/mol. The quantitative estimate of drug-likeness (QED) is 0.549. The van der Waals surface area contributed by atoms with Crippen molar-refractivity contribution in [1.29, 1.82) is 5.26 Å². The zero-order valence-corrected chi connectivity index (χ0v) is 18.0. The normalized spacial score (nSPS) is 15.3. The van der Waals surface area contributed by atoms with Crippen molar-refractivity contribution >= 4 is 39.8 Å². The molecule has 0 radical (unpaired) electrons. The summed E-state index contributed by atoms with van der Waals surface area (Å²) in [5, 5.41) is 12.0. The van der Waals surface area contributed by atoms with Crippen LogP contribution in [0.2, 0.25) is 0 Å². The molecule has 0 spiro atoms. The van der Waals surface area contributed by atoms with Gasteiger partial charge in [-0.15, -0.1) is 12.4 Å². The Morgan fingerprint density at radius 1 is 1.17 bits per heavy atom. The molecular formula is C21H18BrClF3N3O. The van der Waals surface area contributed by atoms with Crippen LogP contribution in [0.5, 0.6) is 0 Å². The smallest absolute Gasteiger partial charge is 0.358 e. The molecule has 0 heterocycles. The van der Waals surface area contributed by atoms with Gasteiger partial charge in [0.25, 0.3) is 0 Å². The van der Waals surface area contributed by atoms with Crippen LogP contribution in [0, 0.1) is 11.3 Å². The molecule has 4 nitrogen and oxygen atoms in total. The minimum absolute atomic E-state index is 0. The topological polar surface area (TPSA) is 78.9 Å². The van der Waals surface area contributed by atoms with E-state index in [4.69, 9.17) is 11.0 Å². The van der Waals surface area contributed by atoms with Gasteiger partial charge in [-0.3, -0.25) is 4.79 Å². The summed E-state index contributed by atoms with van der Waals surface area (Å²) in [6.45, 7) is 0. The number of rotatable bonds is 4. The Morgan fingerprint density at radius 2 is 1.90 bits per heavy atom. The minimum atomic E-state index is -4.46. The van der Waals surface area contributed by atoms with E-state index in [1.807, 2.05) is 6.07 Å². The van der Waals surface area contributed by atoms with Gasteiger partial charge in [0.1, 0.15) is 0 Å². The van der Waals surface area contributed by atoms with Crippen LogP contribution in [-0.2, 0) is 11.0 Å². The third-order valence-corrected chi connectivity index (χ3v) is 5.40. The molecule has 0 aromatic heterocycles. The van der Waals surface area contributed by atoms with Crippen LogP contribution in [0.4, 0.5) is 18.9 Å². The zero-order chi connectivity index (χ0) is 21.2. The molecule has 0 saturated heterocycles. The van der Waals surface area contributed by atoms with Crippen LogP contribution in [-0.4, -0.2) is 5.78 Å². The SMILES string of the molecule is Cl.N#Cc1ccc(C(N)C2=C(Nc3cccc(C(F)(F)F)c3)CCCC2=O)c(Br)c1. The van der Waals surface area contributed by atoms with Crippen molar-refractivity contribution in [2.75, 3.05) is 5.32 Å². The molecule has 0 amide bonds. The first-order chi connectivity index (χ1) is 13.7. The molecule has 0 bridgehead atoms. The Kier molecular flexibility index (Phi) is 7.70. The second-order valence-corrected chi connectivity index (χ2v) is 7.55. The molecule has 2 aromatic carbocycles. The zero-order valence-electron chi connectivity index (χ0n) is 15.6. The Balaban J connectivity index is 0.00000320. The second-order valence-electron chi connectivity index (χ2n) is 6.70. The maximum Gasteiger partial charge on any atom is 0.416 e. The number of carbonyl (C=O) groups excluding carboxylic acids is 1. The summed E-state index contributed by atoms with van der Waals surface area (Å²) in [7, 11) is 0. The molecule has 0 fully saturated rings. The molecule has 1 aliphatic carbocycles. The highest BCUT2D eigenvalue weighted by molar-refractivity contribution is 9.10. The highest BCUT2D eigenvalue weighted by Gasteiger charge is 2.31. The lowest BCUT2D eigenvalue weighted by Gasteiger charge is -2.26. The minimum Gasteiger partial charge on any atom is -0.358 e. The summed E-state index contributed by atoms with van der Waals surface area (Å²) in [5.41, 5.74) is 7.79. The fourth-order valence-electron chi connectivity index (χ4n) is 3.31. The maximum absolute atomic E-state index is 13.0. The fourth-order valence-corrected chi connectivity index (χ4v) is 3.93. The number of benzene rings is 2. The number of alkyl halides is 3. The molecule has 2 aromatic rings. The first-order valence-electron chi connectivity index (χ1n) is 8.86. The molecule has 1 atom stereocenters. The summed E-state index contributed by atoms with van der Waals surface area (Å²) < 4.78 is 39.6. The van der Waals surface area contributed by atoms with Gasteiger partial charge >= 0.3 is 6.18 Å². The van der Waals surface area contributed by atoms with Gasteiger partial charge in [-0.2, -0.15) is 18.4 Å². The molecule has 158 valence electrons. The van der Waals surface area contributed by atoms with Crippen molar-refractivity contribution in [1.82, 2.24) is 0 Å². The standard InChI is InChI=1S/C21H17BrF3N3O.ClH/c22-16-9-12(11-26)7-8-15(16)20(27)19-17(5-2-6-18(19)29)28-14-4-1-3-13(10-14)21(23,24)25;/h1,3-4,7-10,20,28H,2,5-6,27H2;1H. The van der Waals surface area contributed by atoms with Crippen LogP contribution >= 0.6 is 28.3 Å². The van der Waals surface area contributed by atoms with Gasteiger partial charge in [0.05, 0.1) is 23.2 Å². The van der Waals surface area contributed by atoms with Crippen molar-refractivity contribution in [3.63, 3.8) is 0 Å². The first-order valence-corrected chi connectivity index (χ1v) is 9.65. The number of hydrogen-bond donors (Lipinski definition) is 2. The van der Waals surface area contributed by atoms with E-state index < -0.39 is 17.8 Å². The lowest BCUT2D eigenvalue weighted by molar-refractivity contribution is -0.137. The number of nitriles is 1. The molecule has 0 aliphatic heterocycles. The third-order valence-electron chi connectivity index (χ3n) is 4.72. The van der Waals surface area contributed by atoms with Gasteiger partial charge in [0.15, 0.2) is 5.78 Å². The van der Waals surface area contributed by atoms with Crippen LogP contribution < -0.4 is 11.1 Å². The number of allylic oxidation sites excluding steroid dienone is 1. The van der Waals surface area contributed by atoms with Crippen molar-refractivity contribution in [3.8, 4) is 6.07 Å². The van der Waals surface area contributed by atoms with E-state index in [1.165, 1.54) is 12.1 Å². The number of nitrogens with zero attached hydrogens (tertiary/aromatic N) is 1. The van der Waals surface area contributed by atoms with Crippen molar-refractivity contribution in [2.24, 2.45) is 5.73 Å². The van der Waals surface area contributed by atoms with Crippen molar-refractivity contribution in [2.45, 2.75) is 31.5 Å². The number of Topliss-reactive ketones (excluding diaryl/α,β-unsaturated/α-hetero) is 1. The predicted molar refractivity (Wildman–Crippen MR) is 114 cm³/mol. The highest BCUT2D eigenvalue weighted by Crippen LogP contribution is 2.36. The van der Waals surface area contributed by atoms with Gasteiger partial charge < -0.3 is 11.1 Å². The number of carbonyl (C=O) groups is 1. The number of nitrogens with two attached hydrogens (primary N) is 1. The summed E-state index contributed by atoms with van der Waals surface area (Å²) in [5.74, 6) is -0.144. The lowest BCUT2D eigenvalue weighted by Crippen LogP contribution is -2.26. The summed E-state index contributed by atoms with van der Waals surface area (Å²) >= 11 is 3.38. The molecule has 9 heteroatoms. The van der Waals surface area contributed by atoms with Gasteiger partial charge in [-0.05, 0) is 48.7 Å². The van der Waals surface area contributed by atoms with Gasteiger partial charge in [0.2, 0.25) is 0 Å². The summed E-state index contributed by atoms with van der Waals surface area (Å²) in [6.07, 6.45) is -3.05. The largest absolute Gasteiger partial charge is 0.416 e. The average Bonchev–Trinajstić information content (AvgIpc) is 2.67. The maximum atomic E-state index is 13.0. The second kappa shape index (κ2) is 9.65. The third kappa shape index (κ3) is 5.22. The number of halogens is 5. The molecular weight excluding hydrogens is 483 g/mol. The fraction of sp³-hybridized carbons (Fsp3) is 0.238. The van der Waals surface area contributed by atoms with Crippen LogP contribution in [0.1, 0.15) is 42.0 Å². The number of hydrogen-bond acceptors (Lipinski definition) is 4. The van der Waals surface area contributed by atoms with Crippen molar-refractivity contribution in [3.05, 3.63) is 74.9 Å². The van der Waals surface area contributed by atoms with Crippen molar-refractivity contribution < 1.29 is 18.0 Å². The van der Waals surface area contributed by atoms with E-state index in [9.17, 15) is 18.0 Å². The predicted octanol–water partition coefficient (Wildman–Crippen LogP) is 5.88. The number of ketones is 1. The Labute approximate surface area is 186 Å². The van der Waals surface area contributed by atoms with Crippen LogP contribution in [0.15, 0.2) is 58.2 Å². The van der Waals surface area contributed by atoms with E-state index in [-0.39, 0.29) is 23.9 Å². The van der Waals surface area contributed by atoms with E-state index in [0.717, 1.165) is 12.1 Å². The van der Waals surface area contributed by atoms with Crippen LogP contribution in [0.25, 0.3) is 0 Å². The van der Waals surface area contributed by atoms with Gasteiger partial charge in [-0.1, -0.05) is 28.1 Å². The number of anilines is 1. The van der Waals surface area contributed by atoms with E-state index in [1.54, 1.807) is 18.2 Å². The molecule has 3 rings (SSSR count). The van der Waals surface area contributed by atoms with E-state index in [0.29, 0.717) is 46.1 Å². The van der Waals surface area contributed by atoms with Gasteiger partial charge in [0, 0.05) is 27.9 Å². The molecule has 30 heavy (non-hydrogen) atoms. The molecule has 0 saturated carbocycles. The first kappa shape index (κ1) is 23.9. The Morgan fingerprint density at radius 3 is 2.53 bits per heavy atom. The van der Waals surface area contributed by atoms with Crippen LogP contribution in [0.3, 0.4) is 0 Å². The van der Waals surface area contributed by atoms with Gasteiger partial charge in [-0.25, -0.2) is 0 Å². The molecule has 1 aliphatic rings. The molecule has 1 unspecified atom stereocenters. The van der Waals surface area contributed by atoms with E-state index >= 15 is 0 Å². The summed E-state index contributed by atoms with van der Waals surface area (Å²) in [4.78, 5) is 12.6. The van der Waals surface area contributed by atoms with E-state index in [2.05, 4.69) is 21.2 Å². The number of nitrogens with one attached hydrogen (secondary N) is 1. The lowest BCUT2D eigenvalue weighted by atomic mass is 9.86. The highest BCUT2D eigenvalue weighted by atomic mass is 79.9. The molecule has 3 N–H and O–H groups in total. The Bertz CT molecular complexity index is 1030. The summed E-state index contributed by atoms with van der Waals surface area (Å²) in [6, 6.07) is 11.0. The average molecular weight is 501 g/mol.